The van der Waals surface area contributed by atoms with Gasteiger partial charge in [-0.2, -0.15) is 5.10 Å². The summed E-state index contributed by atoms with van der Waals surface area (Å²) in [5, 5.41) is 18.5. The molecule has 0 atom stereocenters. The number of amides is 1. The molecule has 0 unspecified atom stereocenters. The van der Waals surface area contributed by atoms with Crippen LogP contribution in [0.15, 0.2) is 85.1 Å². The van der Waals surface area contributed by atoms with Crippen LogP contribution in [0.3, 0.4) is 0 Å². The van der Waals surface area contributed by atoms with Gasteiger partial charge in [0.05, 0.1) is 16.2 Å². The maximum Gasteiger partial charge on any atom is 0.269 e. The number of hydrogen-bond donors (Lipinski definition) is 1. The van der Waals surface area contributed by atoms with E-state index in [1.807, 2.05) is 61.5 Å². The lowest BCUT2D eigenvalue weighted by atomic mass is 10.1. The molecule has 0 bridgehead atoms. The largest absolute Gasteiger partial charge is 0.322 e. The molecule has 4 rings (SSSR count). The first-order valence-electron chi connectivity index (χ1n) is 9.29. The minimum absolute atomic E-state index is 0.0213. The second-order valence-electron chi connectivity index (χ2n) is 6.80. The van der Waals surface area contributed by atoms with E-state index in [1.54, 1.807) is 23.0 Å². The van der Waals surface area contributed by atoms with E-state index in [0.717, 1.165) is 11.3 Å². The van der Waals surface area contributed by atoms with Gasteiger partial charge in [-0.1, -0.05) is 30.3 Å². The second kappa shape index (κ2) is 8.00. The standard InChI is InChI=1S/C23H18N4O3/c1-16-6-5-7-18(14-16)24-23(28)21-15-26(19-8-3-2-4-9-19)25-22(21)17-10-12-20(13-11-17)27(29)30/h2-15H,1H3,(H,24,28). The Morgan fingerprint density at radius 1 is 1.00 bits per heavy atom. The lowest BCUT2D eigenvalue weighted by molar-refractivity contribution is -0.384. The highest BCUT2D eigenvalue weighted by molar-refractivity contribution is 6.08. The number of aryl methyl sites for hydroxylation is 1. The molecule has 0 fully saturated rings. The van der Waals surface area contributed by atoms with Gasteiger partial charge in [0.25, 0.3) is 11.6 Å². The summed E-state index contributed by atoms with van der Waals surface area (Å²) in [5.41, 5.74) is 3.92. The number of benzene rings is 3. The molecule has 0 aliphatic heterocycles. The summed E-state index contributed by atoms with van der Waals surface area (Å²) in [4.78, 5) is 23.6. The highest BCUT2D eigenvalue weighted by Gasteiger charge is 2.19. The zero-order chi connectivity index (χ0) is 21.1. The van der Waals surface area contributed by atoms with Crippen molar-refractivity contribution in [2.75, 3.05) is 5.32 Å². The average Bonchev–Trinajstić information content (AvgIpc) is 3.20. The average molecular weight is 398 g/mol. The van der Waals surface area contributed by atoms with Crippen molar-refractivity contribution >= 4 is 17.3 Å². The van der Waals surface area contributed by atoms with Crippen LogP contribution in [0.25, 0.3) is 16.9 Å². The Labute approximate surface area is 172 Å². The van der Waals surface area contributed by atoms with Gasteiger partial charge in [-0.15, -0.1) is 0 Å². The van der Waals surface area contributed by atoms with Gasteiger partial charge in [0.2, 0.25) is 0 Å². The Kier molecular flexibility index (Phi) is 5.09. The number of nitrogens with zero attached hydrogens (tertiary/aromatic N) is 3. The lowest BCUT2D eigenvalue weighted by Gasteiger charge is -2.06. The molecule has 3 aromatic carbocycles. The summed E-state index contributed by atoms with van der Waals surface area (Å²) >= 11 is 0. The van der Waals surface area contributed by atoms with Gasteiger partial charge in [0, 0.05) is 29.6 Å². The van der Waals surface area contributed by atoms with Gasteiger partial charge in [0.1, 0.15) is 5.69 Å². The number of aromatic nitrogens is 2. The zero-order valence-corrected chi connectivity index (χ0v) is 16.1. The number of non-ortho nitro benzene ring substituents is 1. The summed E-state index contributed by atoms with van der Waals surface area (Å²) in [6, 6.07) is 22.9. The Balaban J connectivity index is 1.76. The maximum absolute atomic E-state index is 13.1. The predicted octanol–water partition coefficient (Wildman–Crippen LogP) is 5.01. The number of nitro groups is 1. The van der Waals surface area contributed by atoms with Crippen LogP contribution in [0.4, 0.5) is 11.4 Å². The third kappa shape index (κ3) is 3.95. The van der Waals surface area contributed by atoms with Crippen LogP contribution in [0.1, 0.15) is 15.9 Å². The van der Waals surface area contributed by atoms with Crippen molar-refractivity contribution in [2.45, 2.75) is 6.92 Å². The summed E-state index contributed by atoms with van der Waals surface area (Å²) in [7, 11) is 0. The van der Waals surface area contributed by atoms with Gasteiger partial charge in [-0.05, 0) is 48.9 Å². The number of carbonyl (C=O) groups is 1. The molecule has 0 aliphatic carbocycles. The molecule has 1 aromatic heterocycles. The zero-order valence-electron chi connectivity index (χ0n) is 16.1. The van der Waals surface area contributed by atoms with Gasteiger partial charge in [0.15, 0.2) is 0 Å². The molecule has 1 amide bonds. The maximum atomic E-state index is 13.1. The quantitative estimate of drug-likeness (QED) is 0.378. The van der Waals surface area contributed by atoms with E-state index < -0.39 is 4.92 Å². The summed E-state index contributed by atoms with van der Waals surface area (Å²) < 4.78 is 1.63. The Bertz CT molecular complexity index is 1210. The molecule has 30 heavy (non-hydrogen) atoms. The monoisotopic (exact) mass is 398 g/mol. The molecule has 148 valence electrons. The number of nitro benzene ring substituents is 1. The SMILES string of the molecule is Cc1cccc(NC(=O)c2cn(-c3ccccc3)nc2-c2ccc([N+](=O)[O-])cc2)c1. The van der Waals surface area contributed by atoms with E-state index in [9.17, 15) is 14.9 Å². The fourth-order valence-corrected chi connectivity index (χ4v) is 3.13. The summed E-state index contributed by atoms with van der Waals surface area (Å²) in [6.07, 6.45) is 1.66. The van der Waals surface area contributed by atoms with Crippen LogP contribution < -0.4 is 5.32 Å². The first-order valence-corrected chi connectivity index (χ1v) is 9.29. The van der Waals surface area contributed by atoms with Crippen LogP contribution in [0, 0.1) is 17.0 Å². The molecular weight excluding hydrogens is 380 g/mol. The van der Waals surface area contributed by atoms with Crippen LogP contribution in [-0.4, -0.2) is 20.6 Å². The normalized spacial score (nSPS) is 10.6. The Hall–Kier alpha value is -4.26. The summed E-state index contributed by atoms with van der Waals surface area (Å²) in [6.45, 7) is 1.95. The van der Waals surface area contributed by atoms with Crippen LogP contribution in [0.5, 0.6) is 0 Å². The van der Waals surface area contributed by atoms with E-state index in [-0.39, 0.29) is 11.6 Å². The van der Waals surface area contributed by atoms with Crippen LogP contribution in [0.2, 0.25) is 0 Å². The minimum Gasteiger partial charge on any atom is -0.322 e. The lowest BCUT2D eigenvalue weighted by Crippen LogP contribution is -2.12. The number of anilines is 1. The highest BCUT2D eigenvalue weighted by atomic mass is 16.6. The highest BCUT2D eigenvalue weighted by Crippen LogP contribution is 2.26. The van der Waals surface area contributed by atoms with E-state index in [4.69, 9.17) is 0 Å². The van der Waals surface area contributed by atoms with Crippen LogP contribution in [-0.2, 0) is 0 Å². The van der Waals surface area contributed by atoms with E-state index in [2.05, 4.69) is 10.4 Å². The number of rotatable bonds is 5. The first kappa shape index (κ1) is 19.1. The minimum atomic E-state index is -0.461. The molecule has 7 nitrogen and oxygen atoms in total. The second-order valence-corrected chi connectivity index (χ2v) is 6.80. The van der Waals surface area contributed by atoms with E-state index in [0.29, 0.717) is 22.5 Å². The molecule has 0 saturated heterocycles. The van der Waals surface area contributed by atoms with Crippen molar-refractivity contribution in [3.8, 4) is 16.9 Å². The van der Waals surface area contributed by atoms with Gasteiger partial charge < -0.3 is 5.32 Å². The smallest absolute Gasteiger partial charge is 0.269 e. The van der Waals surface area contributed by atoms with E-state index in [1.165, 1.54) is 12.1 Å². The number of hydrogen-bond acceptors (Lipinski definition) is 4. The molecule has 1 N–H and O–H groups in total. The van der Waals surface area contributed by atoms with Crippen molar-refractivity contribution < 1.29 is 9.72 Å². The summed E-state index contributed by atoms with van der Waals surface area (Å²) in [5.74, 6) is -0.309. The molecular formula is C23H18N4O3. The van der Waals surface area contributed by atoms with Crippen molar-refractivity contribution in [3.63, 3.8) is 0 Å². The third-order valence-electron chi connectivity index (χ3n) is 4.61. The molecule has 0 radical (unpaired) electrons. The Morgan fingerprint density at radius 3 is 2.40 bits per heavy atom. The fraction of sp³-hybridized carbons (Fsp3) is 0.0435. The van der Waals surface area contributed by atoms with Gasteiger partial charge in [-0.25, -0.2) is 4.68 Å². The fourth-order valence-electron chi connectivity index (χ4n) is 3.13. The molecule has 1 heterocycles. The third-order valence-corrected chi connectivity index (χ3v) is 4.61. The molecule has 0 saturated carbocycles. The Morgan fingerprint density at radius 2 is 1.73 bits per heavy atom. The number of nitrogens with one attached hydrogen (secondary N) is 1. The molecule has 7 heteroatoms. The molecule has 0 spiro atoms. The van der Waals surface area contributed by atoms with E-state index >= 15 is 0 Å². The number of carbonyl (C=O) groups excluding carboxylic acids is 1. The van der Waals surface area contributed by atoms with Gasteiger partial charge in [-0.3, -0.25) is 14.9 Å². The van der Waals surface area contributed by atoms with Crippen molar-refractivity contribution in [3.05, 3.63) is 106 Å². The molecule has 4 aromatic rings. The number of para-hydroxylation sites is 1. The molecule has 0 aliphatic rings. The van der Waals surface area contributed by atoms with Crippen LogP contribution >= 0.6 is 0 Å². The van der Waals surface area contributed by atoms with Gasteiger partial charge >= 0.3 is 0 Å². The van der Waals surface area contributed by atoms with Crippen molar-refractivity contribution in [2.24, 2.45) is 0 Å². The van der Waals surface area contributed by atoms with Crippen molar-refractivity contribution in [1.82, 2.24) is 9.78 Å². The van der Waals surface area contributed by atoms with Crippen molar-refractivity contribution in [1.29, 1.82) is 0 Å². The predicted molar refractivity (Wildman–Crippen MR) is 115 cm³/mol. The topological polar surface area (TPSA) is 90.1 Å². The first-order chi connectivity index (χ1) is 14.5.